The summed E-state index contributed by atoms with van der Waals surface area (Å²) in [7, 11) is -3.54. The van der Waals surface area contributed by atoms with Crippen LogP contribution in [0.15, 0.2) is 29.2 Å². The Balaban J connectivity index is 3.38. The maximum Gasteiger partial charge on any atom is 0.243 e. The lowest BCUT2D eigenvalue weighted by molar-refractivity contribution is -0.124. The van der Waals surface area contributed by atoms with Crippen molar-refractivity contribution < 1.29 is 18.0 Å². The average Bonchev–Trinajstić information content (AvgIpc) is 2.44. The standard InChI is InChI=1S/C13H12ClNO4S/c1-9(12(17)13(14,7-15)8-16)10-5-3-4-6-11(10)20(2,18)19/h3-6,8-9H,1-2H3. The number of hydrogen-bond acceptors (Lipinski definition) is 5. The largest absolute Gasteiger partial charge is 0.300 e. The second-order valence-electron chi connectivity index (χ2n) is 4.34. The van der Waals surface area contributed by atoms with E-state index in [-0.39, 0.29) is 16.7 Å². The highest BCUT2D eigenvalue weighted by Gasteiger charge is 2.40. The van der Waals surface area contributed by atoms with Gasteiger partial charge in [0.05, 0.1) is 4.90 Å². The molecule has 1 aromatic carbocycles. The van der Waals surface area contributed by atoms with E-state index in [9.17, 15) is 18.0 Å². The number of Topliss-reactive ketones (excluding diaryl/α,β-unsaturated/α-hetero) is 1. The van der Waals surface area contributed by atoms with E-state index in [1.165, 1.54) is 31.2 Å². The van der Waals surface area contributed by atoms with Crippen LogP contribution in [0, 0.1) is 11.3 Å². The smallest absolute Gasteiger partial charge is 0.243 e. The number of carbonyl (C=O) groups is 2. The molecule has 0 aliphatic carbocycles. The predicted octanol–water partition coefficient (Wildman–Crippen LogP) is 1.46. The van der Waals surface area contributed by atoms with Crippen LogP contribution in [0.4, 0.5) is 0 Å². The van der Waals surface area contributed by atoms with Crippen molar-refractivity contribution in [2.45, 2.75) is 22.6 Å². The van der Waals surface area contributed by atoms with Gasteiger partial charge < -0.3 is 0 Å². The molecule has 5 nitrogen and oxygen atoms in total. The van der Waals surface area contributed by atoms with Crippen molar-refractivity contribution in [2.24, 2.45) is 0 Å². The Kier molecular flexibility index (Phi) is 4.69. The monoisotopic (exact) mass is 313 g/mol. The molecule has 0 aromatic heterocycles. The first kappa shape index (κ1) is 16.3. The lowest BCUT2D eigenvalue weighted by Crippen LogP contribution is -2.36. The molecule has 0 heterocycles. The molecule has 0 aliphatic heterocycles. The van der Waals surface area contributed by atoms with Gasteiger partial charge in [-0.1, -0.05) is 36.7 Å². The van der Waals surface area contributed by atoms with Crippen molar-refractivity contribution in [2.75, 3.05) is 6.26 Å². The van der Waals surface area contributed by atoms with E-state index in [0.29, 0.717) is 0 Å². The third-order valence-corrected chi connectivity index (χ3v) is 4.39. The van der Waals surface area contributed by atoms with Crippen LogP contribution < -0.4 is 0 Å². The fraction of sp³-hybridized carbons (Fsp3) is 0.308. The third kappa shape index (κ3) is 3.06. The second kappa shape index (κ2) is 5.73. The first-order chi connectivity index (χ1) is 9.17. The summed E-state index contributed by atoms with van der Waals surface area (Å²) in [6, 6.07) is 7.34. The van der Waals surface area contributed by atoms with Crippen LogP contribution in [-0.2, 0) is 19.4 Å². The van der Waals surface area contributed by atoms with E-state index >= 15 is 0 Å². The molecule has 0 amide bonds. The minimum Gasteiger partial charge on any atom is -0.300 e. The summed E-state index contributed by atoms with van der Waals surface area (Å²) in [5.41, 5.74) is 0.210. The zero-order chi connectivity index (χ0) is 15.6. The summed E-state index contributed by atoms with van der Waals surface area (Å²) >= 11 is 5.64. The minimum atomic E-state index is -3.54. The number of sulfone groups is 1. The zero-order valence-corrected chi connectivity index (χ0v) is 12.4. The fourth-order valence-electron chi connectivity index (χ4n) is 1.77. The van der Waals surface area contributed by atoms with E-state index in [4.69, 9.17) is 16.9 Å². The number of ketones is 1. The molecule has 1 aromatic rings. The van der Waals surface area contributed by atoms with Gasteiger partial charge >= 0.3 is 0 Å². The van der Waals surface area contributed by atoms with Crippen molar-refractivity contribution in [1.29, 1.82) is 5.26 Å². The van der Waals surface area contributed by atoms with Crippen LogP contribution in [0.3, 0.4) is 0 Å². The number of carbonyl (C=O) groups excluding carboxylic acids is 2. The Morgan fingerprint density at radius 2 is 2.00 bits per heavy atom. The number of rotatable bonds is 5. The topological polar surface area (TPSA) is 92.1 Å². The summed E-state index contributed by atoms with van der Waals surface area (Å²) in [4.78, 5) is 20.6. The molecule has 1 rings (SSSR count). The number of aldehydes is 1. The Labute approximate surface area is 122 Å². The minimum absolute atomic E-state index is 0.0243. The normalized spacial score (nSPS) is 15.7. The van der Waals surface area contributed by atoms with Crippen molar-refractivity contribution in [3.8, 4) is 6.07 Å². The second-order valence-corrected chi connectivity index (χ2v) is 6.92. The Morgan fingerprint density at radius 3 is 2.45 bits per heavy atom. The molecule has 0 radical (unpaired) electrons. The molecule has 7 heteroatoms. The number of benzene rings is 1. The van der Waals surface area contributed by atoms with Crippen molar-refractivity contribution in [1.82, 2.24) is 0 Å². The number of hydrogen-bond donors (Lipinski definition) is 0. The summed E-state index contributed by atoms with van der Waals surface area (Å²) in [5, 5.41) is 8.83. The Morgan fingerprint density at radius 1 is 1.45 bits per heavy atom. The van der Waals surface area contributed by atoms with Gasteiger partial charge in [0.15, 0.2) is 21.9 Å². The van der Waals surface area contributed by atoms with Crippen LogP contribution in [-0.4, -0.2) is 31.6 Å². The molecule has 2 atom stereocenters. The number of halogens is 1. The first-order valence-electron chi connectivity index (χ1n) is 5.57. The molecule has 2 unspecified atom stereocenters. The van der Waals surface area contributed by atoms with Crippen molar-refractivity contribution in [3.63, 3.8) is 0 Å². The van der Waals surface area contributed by atoms with E-state index < -0.39 is 26.4 Å². The molecule has 0 saturated carbocycles. The lowest BCUT2D eigenvalue weighted by atomic mass is 9.89. The molecule has 0 N–H and O–H groups in total. The van der Waals surface area contributed by atoms with Crippen LogP contribution in [0.5, 0.6) is 0 Å². The van der Waals surface area contributed by atoms with Crippen LogP contribution >= 0.6 is 11.6 Å². The number of alkyl halides is 1. The molecular weight excluding hydrogens is 302 g/mol. The maximum absolute atomic E-state index is 12.1. The van der Waals surface area contributed by atoms with Gasteiger partial charge in [-0.25, -0.2) is 8.42 Å². The van der Waals surface area contributed by atoms with Crippen LogP contribution in [0.1, 0.15) is 18.4 Å². The van der Waals surface area contributed by atoms with Gasteiger partial charge in [-0.05, 0) is 11.6 Å². The molecule has 0 spiro atoms. The van der Waals surface area contributed by atoms with Crippen LogP contribution in [0.25, 0.3) is 0 Å². The van der Waals surface area contributed by atoms with Gasteiger partial charge in [-0.3, -0.25) is 9.59 Å². The van der Waals surface area contributed by atoms with Gasteiger partial charge in [0, 0.05) is 12.2 Å². The fourth-order valence-corrected chi connectivity index (χ4v) is 2.93. The SMILES string of the molecule is CC(C(=O)C(Cl)(C#N)C=O)c1ccccc1S(C)(=O)=O. The van der Waals surface area contributed by atoms with Gasteiger partial charge in [0.2, 0.25) is 4.87 Å². The highest BCUT2D eigenvalue weighted by Crippen LogP contribution is 2.29. The van der Waals surface area contributed by atoms with E-state index in [2.05, 4.69) is 0 Å². The van der Waals surface area contributed by atoms with Gasteiger partial charge in [-0.15, -0.1) is 0 Å². The average molecular weight is 314 g/mol. The summed E-state index contributed by atoms with van der Waals surface area (Å²) in [5.74, 6) is -1.85. The zero-order valence-electron chi connectivity index (χ0n) is 10.8. The molecule has 0 aliphatic rings. The van der Waals surface area contributed by atoms with Crippen molar-refractivity contribution >= 4 is 33.5 Å². The Hall–Kier alpha value is -1.71. The molecule has 106 valence electrons. The third-order valence-electron chi connectivity index (χ3n) is 2.86. The highest BCUT2D eigenvalue weighted by atomic mass is 35.5. The summed E-state index contributed by atoms with van der Waals surface area (Å²) < 4.78 is 23.4. The van der Waals surface area contributed by atoms with Gasteiger partial charge in [-0.2, -0.15) is 5.26 Å². The van der Waals surface area contributed by atoms with Crippen LogP contribution in [0.2, 0.25) is 0 Å². The molecule has 0 saturated heterocycles. The van der Waals surface area contributed by atoms with E-state index in [1.807, 2.05) is 0 Å². The first-order valence-corrected chi connectivity index (χ1v) is 7.84. The van der Waals surface area contributed by atoms with E-state index in [0.717, 1.165) is 6.26 Å². The van der Waals surface area contributed by atoms with Gasteiger partial charge in [0.1, 0.15) is 6.07 Å². The summed E-state index contributed by atoms with van der Waals surface area (Å²) in [6.45, 7) is 1.41. The number of nitrogens with zero attached hydrogens (tertiary/aromatic N) is 1. The van der Waals surface area contributed by atoms with Gasteiger partial charge in [0.25, 0.3) is 0 Å². The highest BCUT2D eigenvalue weighted by molar-refractivity contribution is 7.90. The van der Waals surface area contributed by atoms with E-state index in [1.54, 1.807) is 6.07 Å². The quantitative estimate of drug-likeness (QED) is 0.466. The summed E-state index contributed by atoms with van der Waals surface area (Å²) in [6.07, 6.45) is 1.07. The molecular formula is C13H12ClNO4S. The Bertz CT molecular complexity index is 693. The lowest BCUT2D eigenvalue weighted by Gasteiger charge is -2.18. The number of nitriles is 1. The predicted molar refractivity (Wildman–Crippen MR) is 73.2 cm³/mol. The molecule has 0 bridgehead atoms. The van der Waals surface area contributed by atoms with Crippen molar-refractivity contribution in [3.05, 3.63) is 29.8 Å². The molecule has 20 heavy (non-hydrogen) atoms. The molecule has 0 fully saturated rings. The maximum atomic E-state index is 12.1.